The minimum atomic E-state index is 0.232. The van der Waals surface area contributed by atoms with Gasteiger partial charge < -0.3 is 14.6 Å². The standard InChI is InChI=1S/C21H28N6O2/c1-6-16-15(5)27-29-20(16)17-11-25-21(22-8-7-9-28-13(2)3)26-19(17)18-12-23-14(4)10-24-18/h10-13H,6-9H2,1-5H3,(H,22,25,26). The highest BCUT2D eigenvalue weighted by atomic mass is 16.5. The molecule has 0 aliphatic rings. The van der Waals surface area contributed by atoms with Crippen LogP contribution < -0.4 is 5.32 Å². The molecular formula is C21H28N6O2. The summed E-state index contributed by atoms with van der Waals surface area (Å²) < 4.78 is 11.2. The minimum Gasteiger partial charge on any atom is -0.379 e. The zero-order valence-electron chi connectivity index (χ0n) is 17.7. The Kier molecular flexibility index (Phi) is 6.87. The van der Waals surface area contributed by atoms with E-state index in [-0.39, 0.29) is 6.10 Å². The molecule has 0 saturated carbocycles. The van der Waals surface area contributed by atoms with Gasteiger partial charge in [-0.25, -0.2) is 9.97 Å². The van der Waals surface area contributed by atoms with Gasteiger partial charge in [-0.05, 0) is 40.5 Å². The van der Waals surface area contributed by atoms with Crippen molar-refractivity contribution in [2.75, 3.05) is 18.5 Å². The Balaban J connectivity index is 1.91. The summed E-state index contributed by atoms with van der Waals surface area (Å²) in [6.45, 7) is 11.4. The lowest BCUT2D eigenvalue weighted by Gasteiger charge is -2.11. The fourth-order valence-corrected chi connectivity index (χ4v) is 2.95. The van der Waals surface area contributed by atoms with Gasteiger partial charge in [-0.1, -0.05) is 12.1 Å². The van der Waals surface area contributed by atoms with Crippen LogP contribution in [-0.4, -0.2) is 44.3 Å². The predicted molar refractivity (Wildman–Crippen MR) is 112 cm³/mol. The number of anilines is 1. The van der Waals surface area contributed by atoms with Crippen molar-refractivity contribution in [3.05, 3.63) is 35.5 Å². The molecule has 0 unspecified atom stereocenters. The van der Waals surface area contributed by atoms with Gasteiger partial charge in [0.05, 0.1) is 29.3 Å². The Morgan fingerprint density at radius 1 is 1.10 bits per heavy atom. The molecule has 0 fully saturated rings. The fraction of sp³-hybridized carbons (Fsp3) is 0.476. The van der Waals surface area contributed by atoms with E-state index in [1.54, 1.807) is 18.6 Å². The van der Waals surface area contributed by atoms with Crippen LogP contribution in [0.4, 0.5) is 5.95 Å². The lowest BCUT2D eigenvalue weighted by atomic mass is 10.0. The molecule has 8 heteroatoms. The summed E-state index contributed by atoms with van der Waals surface area (Å²) >= 11 is 0. The highest BCUT2D eigenvalue weighted by Gasteiger charge is 2.20. The number of aromatic nitrogens is 5. The van der Waals surface area contributed by atoms with Gasteiger partial charge in [0.2, 0.25) is 5.95 Å². The first kappa shape index (κ1) is 20.9. The van der Waals surface area contributed by atoms with Crippen LogP contribution >= 0.6 is 0 Å². The van der Waals surface area contributed by atoms with Crippen molar-refractivity contribution < 1.29 is 9.26 Å². The molecule has 8 nitrogen and oxygen atoms in total. The van der Waals surface area contributed by atoms with Crippen LogP contribution in [0.2, 0.25) is 0 Å². The van der Waals surface area contributed by atoms with Gasteiger partial charge in [0.1, 0.15) is 11.4 Å². The number of rotatable bonds is 9. The highest BCUT2D eigenvalue weighted by molar-refractivity contribution is 5.78. The van der Waals surface area contributed by atoms with E-state index in [9.17, 15) is 0 Å². The molecule has 0 radical (unpaired) electrons. The van der Waals surface area contributed by atoms with Crippen LogP contribution in [0.15, 0.2) is 23.1 Å². The molecule has 0 bridgehead atoms. The first-order valence-corrected chi connectivity index (χ1v) is 9.96. The summed E-state index contributed by atoms with van der Waals surface area (Å²) in [7, 11) is 0. The number of ether oxygens (including phenoxy) is 1. The predicted octanol–water partition coefficient (Wildman–Crippen LogP) is 3.99. The van der Waals surface area contributed by atoms with E-state index in [1.807, 2.05) is 27.7 Å². The molecule has 0 spiro atoms. The zero-order chi connectivity index (χ0) is 20.8. The summed E-state index contributed by atoms with van der Waals surface area (Å²) in [6.07, 6.45) is 7.11. The molecule has 3 heterocycles. The molecule has 1 N–H and O–H groups in total. The second kappa shape index (κ2) is 9.56. The summed E-state index contributed by atoms with van der Waals surface area (Å²) in [5.74, 6) is 1.21. The van der Waals surface area contributed by atoms with Crippen molar-refractivity contribution in [2.45, 2.75) is 53.6 Å². The Hall–Kier alpha value is -2.87. The van der Waals surface area contributed by atoms with E-state index in [0.29, 0.717) is 36.2 Å². The number of aryl methyl sites for hydroxylation is 2. The molecule has 3 aromatic rings. The maximum absolute atomic E-state index is 5.62. The Morgan fingerprint density at radius 2 is 1.93 bits per heavy atom. The quantitative estimate of drug-likeness (QED) is 0.542. The van der Waals surface area contributed by atoms with Crippen molar-refractivity contribution in [1.29, 1.82) is 0 Å². The fourth-order valence-electron chi connectivity index (χ4n) is 2.95. The number of hydrogen-bond acceptors (Lipinski definition) is 8. The van der Waals surface area contributed by atoms with Gasteiger partial charge in [-0.2, -0.15) is 0 Å². The van der Waals surface area contributed by atoms with E-state index in [1.165, 1.54) is 0 Å². The highest BCUT2D eigenvalue weighted by Crippen LogP contribution is 2.33. The molecule has 0 aromatic carbocycles. The van der Waals surface area contributed by atoms with E-state index < -0.39 is 0 Å². The molecule has 3 rings (SSSR count). The lowest BCUT2D eigenvalue weighted by molar-refractivity contribution is 0.0787. The van der Waals surface area contributed by atoms with Gasteiger partial charge >= 0.3 is 0 Å². The average Bonchev–Trinajstić information content (AvgIpc) is 3.08. The molecule has 0 atom stereocenters. The van der Waals surface area contributed by atoms with Gasteiger partial charge in [0.25, 0.3) is 0 Å². The van der Waals surface area contributed by atoms with Crippen molar-refractivity contribution in [1.82, 2.24) is 25.1 Å². The van der Waals surface area contributed by atoms with Gasteiger partial charge in [0, 0.05) is 31.1 Å². The topological polar surface area (TPSA) is 98.9 Å². The summed E-state index contributed by atoms with van der Waals surface area (Å²) in [4.78, 5) is 18.1. The Bertz CT molecular complexity index is 937. The van der Waals surface area contributed by atoms with Crippen LogP contribution in [0.3, 0.4) is 0 Å². The second-order valence-corrected chi connectivity index (χ2v) is 7.13. The monoisotopic (exact) mass is 396 g/mol. The zero-order valence-corrected chi connectivity index (χ0v) is 17.7. The van der Waals surface area contributed by atoms with Crippen molar-refractivity contribution in [3.8, 4) is 22.7 Å². The molecule has 0 amide bonds. The van der Waals surface area contributed by atoms with Crippen LogP contribution in [-0.2, 0) is 11.2 Å². The molecule has 0 aliphatic heterocycles. The maximum atomic E-state index is 5.62. The third kappa shape index (κ3) is 5.14. The number of hydrogen-bond donors (Lipinski definition) is 1. The van der Waals surface area contributed by atoms with Gasteiger partial charge in [-0.3, -0.25) is 9.97 Å². The first-order valence-electron chi connectivity index (χ1n) is 9.96. The maximum Gasteiger partial charge on any atom is 0.223 e. The van der Waals surface area contributed by atoms with Crippen LogP contribution in [0.25, 0.3) is 22.7 Å². The third-order valence-corrected chi connectivity index (χ3v) is 4.45. The molecule has 154 valence electrons. The summed E-state index contributed by atoms with van der Waals surface area (Å²) in [6, 6.07) is 0. The molecule has 0 saturated heterocycles. The van der Waals surface area contributed by atoms with Crippen molar-refractivity contribution in [3.63, 3.8) is 0 Å². The van der Waals surface area contributed by atoms with E-state index in [2.05, 4.69) is 32.3 Å². The minimum absolute atomic E-state index is 0.232. The van der Waals surface area contributed by atoms with Crippen LogP contribution in [0.5, 0.6) is 0 Å². The van der Waals surface area contributed by atoms with Crippen molar-refractivity contribution >= 4 is 5.95 Å². The van der Waals surface area contributed by atoms with Gasteiger partial charge in [0.15, 0.2) is 5.76 Å². The molecule has 29 heavy (non-hydrogen) atoms. The van der Waals surface area contributed by atoms with E-state index in [0.717, 1.165) is 35.4 Å². The molecular weight excluding hydrogens is 368 g/mol. The summed E-state index contributed by atoms with van der Waals surface area (Å²) in [5.41, 5.74) is 4.85. The second-order valence-electron chi connectivity index (χ2n) is 7.13. The van der Waals surface area contributed by atoms with Crippen molar-refractivity contribution in [2.24, 2.45) is 0 Å². The molecule has 0 aliphatic carbocycles. The van der Waals surface area contributed by atoms with Gasteiger partial charge in [-0.15, -0.1) is 0 Å². The average molecular weight is 396 g/mol. The lowest BCUT2D eigenvalue weighted by Crippen LogP contribution is -2.11. The first-order chi connectivity index (χ1) is 14.0. The third-order valence-electron chi connectivity index (χ3n) is 4.45. The summed E-state index contributed by atoms with van der Waals surface area (Å²) in [5, 5.41) is 7.38. The number of nitrogens with zero attached hydrogens (tertiary/aromatic N) is 5. The van der Waals surface area contributed by atoms with E-state index in [4.69, 9.17) is 14.2 Å². The van der Waals surface area contributed by atoms with Crippen LogP contribution in [0.1, 0.15) is 44.1 Å². The van der Waals surface area contributed by atoms with E-state index >= 15 is 0 Å². The number of nitrogens with one attached hydrogen (secondary N) is 1. The Labute approximate surface area is 171 Å². The largest absolute Gasteiger partial charge is 0.379 e. The smallest absolute Gasteiger partial charge is 0.223 e. The Morgan fingerprint density at radius 3 is 2.62 bits per heavy atom. The SMILES string of the molecule is CCc1c(C)noc1-c1cnc(NCCCOC(C)C)nc1-c1cnc(C)cn1. The normalized spacial score (nSPS) is 11.2. The van der Waals surface area contributed by atoms with Crippen LogP contribution in [0, 0.1) is 13.8 Å². The molecule has 3 aromatic heterocycles.